The van der Waals surface area contributed by atoms with E-state index in [1.807, 2.05) is 43.3 Å². The van der Waals surface area contributed by atoms with E-state index in [1.165, 1.54) is 5.56 Å². The second kappa shape index (κ2) is 4.01. The van der Waals surface area contributed by atoms with Crippen molar-refractivity contribution in [2.24, 2.45) is 0 Å². The summed E-state index contributed by atoms with van der Waals surface area (Å²) in [6.07, 6.45) is 0. The molecule has 1 nitrogen and oxygen atoms in total. The second-order valence-corrected chi connectivity index (χ2v) is 4.83. The lowest BCUT2D eigenvalue weighted by atomic mass is 10.0. The van der Waals surface area contributed by atoms with E-state index < -0.39 is 0 Å². The summed E-state index contributed by atoms with van der Waals surface area (Å²) >= 11 is 6.33. The van der Waals surface area contributed by atoms with Gasteiger partial charge in [-0.1, -0.05) is 36.4 Å². The highest BCUT2D eigenvalue weighted by Gasteiger charge is 2.12. The van der Waals surface area contributed by atoms with Crippen LogP contribution in [0.1, 0.15) is 17.9 Å². The lowest BCUT2D eigenvalue weighted by molar-refractivity contribution is 1.11. The highest BCUT2D eigenvalue weighted by Crippen LogP contribution is 2.33. The van der Waals surface area contributed by atoms with Crippen LogP contribution < -0.4 is 0 Å². The van der Waals surface area contributed by atoms with Crippen LogP contribution in [0.4, 0.5) is 0 Å². The number of pyridine rings is 1. The van der Waals surface area contributed by atoms with Gasteiger partial charge in [-0.15, -0.1) is 11.6 Å². The molecular weight excluding hydrogens is 230 g/mol. The van der Waals surface area contributed by atoms with Crippen LogP contribution in [0, 0.1) is 0 Å². The van der Waals surface area contributed by atoms with E-state index >= 15 is 0 Å². The van der Waals surface area contributed by atoms with Gasteiger partial charge in [-0.2, -0.15) is 0 Å². The van der Waals surface area contributed by atoms with Crippen LogP contribution in [-0.4, -0.2) is 4.98 Å². The zero-order valence-corrected chi connectivity index (χ0v) is 10.3. The van der Waals surface area contributed by atoms with Crippen LogP contribution in [0.15, 0.2) is 48.5 Å². The average Bonchev–Trinajstić information content (AvgIpc) is 2.35. The van der Waals surface area contributed by atoms with Crippen LogP contribution in [0.2, 0.25) is 0 Å². The van der Waals surface area contributed by atoms with Gasteiger partial charge < -0.3 is 0 Å². The third-order valence-electron chi connectivity index (χ3n) is 3.03. The quantitative estimate of drug-likeness (QED) is 0.445. The molecule has 1 aromatic heterocycles. The SMILES string of the molecule is CC(Cl)c1c2ccccc2nc2ccccc12. The van der Waals surface area contributed by atoms with E-state index in [4.69, 9.17) is 11.6 Å². The zero-order chi connectivity index (χ0) is 11.8. The van der Waals surface area contributed by atoms with Gasteiger partial charge in [0.25, 0.3) is 0 Å². The summed E-state index contributed by atoms with van der Waals surface area (Å²) in [5.41, 5.74) is 3.19. The average molecular weight is 242 g/mol. The molecule has 0 fully saturated rings. The largest absolute Gasteiger partial charge is 0.248 e. The Morgan fingerprint density at radius 1 is 0.882 bits per heavy atom. The van der Waals surface area contributed by atoms with E-state index in [-0.39, 0.29) is 5.38 Å². The van der Waals surface area contributed by atoms with Crippen LogP contribution in [0.25, 0.3) is 21.8 Å². The van der Waals surface area contributed by atoms with Crippen molar-refractivity contribution in [3.63, 3.8) is 0 Å². The summed E-state index contributed by atoms with van der Waals surface area (Å²) in [6.45, 7) is 2.01. The molecule has 84 valence electrons. The number of hydrogen-bond donors (Lipinski definition) is 0. The van der Waals surface area contributed by atoms with Gasteiger partial charge in [-0.05, 0) is 24.6 Å². The van der Waals surface area contributed by atoms with Crippen molar-refractivity contribution < 1.29 is 0 Å². The second-order valence-electron chi connectivity index (χ2n) is 4.18. The van der Waals surface area contributed by atoms with Crippen molar-refractivity contribution >= 4 is 33.4 Å². The number of aromatic nitrogens is 1. The highest BCUT2D eigenvalue weighted by molar-refractivity contribution is 6.23. The van der Waals surface area contributed by atoms with Crippen LogP contribution in [0.3, 0.4) is 0 Å². The normalized spacial score (nSPS) is 13.1. The Kier molecular flexibility index (Phi) is 2.49. The molecule has 2 heteroatoms. The molecule has 1 atom stereocenters. The number of alkyl halides is 1. The molecule has 0 spiro atoms. The van der Waals surface area contributed by atoms with Crippen molar-refractivity contribution in [1.29, 1.82) is 0 Å². The maximum atomic E-state index is 6.33. The highest BCUT2D eigenvalue weighted by atomic mass is 35.5. The minimum Gasteiger partial charge on any atom is -0.248 e. The Balaban J connectivity index is 2.56. The predicted octanol–water partition coefficient (Wildman–Crippen LogP) is 4.69. The molecule has 1 heterocycles. The Labute approximate surface area is 105 Å². The van der Waals surface area contributed by atoms with Crippen LogP contribution in [-0.2, 0) is 0 Å². The first-order chi connectivity index (χ1) is 8.27. The molecule has 0 saturated carbocycles. The lowest BCUT2D eigenvalue weighted by Gasteiger charge is -2.12. The summed E-state index contributed by atoms with van der Waals surface area (Å²) in [7, 11) is 0. The first-order valence-corrected chi connectivity index (χ1v) is 6.12. The molecule has 0 N–H and O–H groups in total. The molecule has 17 heavy (non-hydrogen) atoms. The molecule has 0 saturated heterocycles. The van der Waals surface area contributed by atoms with Gasteiger partial charge in [0.2, 0.25) is 0 Å². The number of hydrogen-bond acceptors (Lipinski definition) is 1. The monoisotopic (exact) mass is 241 g/mol. The summed E-state index contributed by atoms with van der Waals surface area (Å²) < 4.78 is 0. The molecule has 3 aromatic rings. The molecule has 2 aromatic carbocycles. The molecule has 0 bridgehead atoms. The van der Waals surface area contributed by atoms with Crippen molar-refractivity contribution in [3.05, 3.63) is 54.1 Å². The van der Waals surface area contributed by atoms with E-state index in [0.29, 0.717) is 0 Å². The smallest absolute Gasteiger partial charge is 0.0713 e. The maximum Gasteiger partial charge on any atom is 0.0713 e. The van der Waals surface area contributed by atoms with Crippen molar-refractivity contribution in [3.8, 4) is 0 Å². The Morgan fingerprint density at radius 2 is 1.35 bits per heavy atom. The van der Waals surface area contributed by atoms with Gasteiger partial charge in [-0.25, -0.2) is 4.98 Å². The molecular formula is C15H12ClN. The first-order valence-electron chi connectivity index (χ1n) is 5.69. The third kappa shape index (κ3) is 1.67. The third-order valence-corrected chi connectivity index (χ3v) is 3.25. The van der Waals surface area contributed by atoms with E-state index in [9.17, 15) is 0 Å². The van der Waals surface area contributed by atoms with E-state index in [2.05, 4.69) is 17.1 Å². The molecule has 1 unspecified atom stereocenters. The predicted molar refractivity (Wildman–Crippen MR) is 73.5 cm³/mol. The fourth-order valence-electron chi connectivity index (χ4n) is 2.30. The molecule has 0 amide bonds. The minimum atomic E-state index is -0.0206. The van der Waals surface area contributed by atoms with Gasteiger partial charge in [0.05, 0.1) is 16.4 Å². The Hall–Kier alpha value is -1.60. The number of nitrogens with zero attached hydrogens (tertiary/aromatic N) is 1. The minimum absolute atomic E-state index is 0.0206. The fraction of sp³-hybridized carbons (Fsp3) is 0.133. The van der Waals surface area contributed by atoms with Crippen LogP contribution >= 0.6 is 11.6 Å². The number of para-hydroxylation sites is 2. The standard InChI is InChI=1S/C15H12ClN/c1-10(16)15-11-6-2-4-8-13(11)17-14-9-5-3-7-12(14)15/h2-10H,1H3. The summed E-state index contributed by atoms with van der Waals surface area (Å²) in [4.78, 5) is 4.66. The molecule has 0 aliphatic rings. The van der Waals surface area contributed by atoms with Crippen LogP contribution in [0.5, 0.6) is 0 Å². The Morgan fingerprint density at radius 3 is 1.82 bits per heavy atom. The van der Waals surface area contributed by atoms with Crippen molar-refractivity contribution in [2.45, 2.75) is 12.3 Å². The Bertz CT molecular complexity index is 635. The number of benzene rings is 2. The van der Waals surface area contributed by atoms with Gasteiger partial charge in [0.15, 0.2) is 0 Å². The van der Waals surface area contributed by atoms with Gasteiger partial charge in [-0.3, -0.25) is 0 Å². The zero-order valence-electron chi connectivity index (χ0n) is 9.52. The number of fused-ring (bicyclic) bond motifs is 2. The summed E-state index contributed by atoms with van der Waals surface area (Å²) in [6, 6.07) is 16.3. The number of rotatable bonds is 1. The maximum absolute atomic E-state index is 6.33. The lowest BCUT2D eigenvalue weighted by Crippen LogP contribution is -1.92. The van der Waals surface area contributed by atoms with E-state index in [0.717, 1.165) is 21.8 Å². The summed E-state index contributed by atoms with van der Waals surface area (Å²) in [5, 5.41) is 2.27. The fourth-order valence-corrected chi connectivity index (χ4v) is 2.54. The van der Waals surface area contributed by atoms with Gasteiger partial charge in [0.1, 0.15) is 0 Å². The molecule has 0 radical (unpaired) electrons. The summed E-state index contributed by atoms with van der Waals surface area (Å²) in [5.74, 6) is 0. The van der Waals surface area contributed by atoms with Crippen molar-refractivity contribution in [2.75, 3.05) is 0 Å². The van der Waals surface area contributed by atoms with E-state index in [1.54, 1.807) is 0 Å². The number of halogens is 1. The molecule has 0 aliphatic heterocycles. The molecule has 3 rings (SSSR count). The van der Waals surface area contributed by atoms with Gasteiger partial charge >= 0.3 is 0 Å². The van der Waals surface area contributed by atoms with Gasteiger partial charge in [0, 0.05) is 10.8 Å². The first kappa shape index (κ1) is 10.5. The molecule has 0 aliphatic carbocycles. The topological polar surface area (TPSA) is 12.9 Å². The van der Waals surface area contributed by atoms with Crippen molar-refractivity contribution in [1.82, 2.24) is 4.98 Å².